The minimum absolute atomic E-state index is 0.0316. The lowest BCUT2D eigenvalue weighted by molar-refractivity contribution is 0.547. The molecule has 2 rings (SSSR count). The van der Waals surface area contributed by atoms with Crippen LogP contribution in [0.3, 0.4) is 0 Å². The van der Waals surface area contributed by atoms with Gasteiger partial charge in [-0.2, -0.15) is 8.42 Å². The molecule has 1 aromatic heterocycles. The van der Waals surface area contributed by atoms with Gasteiger partial charge in [0.05, 0.1) is 16.4 Å². The smallest absolute Gasteiger partial charge is 0.350 e. The second-order valence-electron chi connectivity index (χ2n) is 3.93. The zero-order valence-electron chi connectivity index (χ0n) is 9.98. The zero-order chi connectivity index (χ0) is 14.8. The highest BCUT2D eigenvalue weighted by molar-refractivity contribution is 9.10. The number of aromatic nitrogens is 1. The van der Waals surface area contributed by atoms with Crippen molar-refractivity contribution in [1.82, 2.24) is 4.98 Å². The van der Waals surface area contributed by atoms with Crippen molar-refractivity contribution < 1.29 is 16.7 Å². The standard InChI is InChI=1S/C12H9BrF2N2O2S/c13-11-5-10(7-17-12(11)20(15,18)19)16-6-8-1-3-9(14)4-2-8/h1-5,7,16H,6H2. The molecule has 0 aliphatic rings. The molecule has 0 bridgehead atoms. The Hall–Kier alpha value is -1.54. The van der Waals surface area contributed by atoms with Gasteiger partial charge in [-0.3, -0.25) is 0 Å². The highest BCUT2D eigenvalue weighted by Crippen LogP contribution is 2.24. The van der Waals surface area contributed by atoms with Crippen molar-refractivity contribution in [2.75, 3.05) is 5.32 Å². The fourth-order valence-electron chi connectivity index (χ4n) is 1.51. The number of nitrogens with one attached hydrogen (secondary N) is 1. The average molecular weight is 363 g/mol. The first-order valence-corrected chi connectivity index (χ1v) is 7.62. The summed E-state index contributed by atoms with van der Waals surface area (Å²) < 4.78 is 47.1. The van der Waals surface area contributed by atoms with Crippen LogP contribution < -0.4 is 5.32 Å². The molecule has 1 heterocycles. The van der Waals surface area contributed by atoms with E-state index in [9.17, 15) is 16.7 Å². The molecular formula is C12H9BrF2N2O2S. The quantitative estimate of drug-likeness (QED) is 0.848. The van der Waals surface area contributed by atoms with Crippen LogP contribution in [0.4, 0.5) is 14.0 Å². The van der Waals surface area contributed by atoms with Gasteiger partial charge in [0.25, 0.3) is 0 Å². The lowest BCUT2D eigenvalue weighted by Crippen LogP contribution is -2.03. The van der Waals surface area contributed by atoms with Crippen LogP contribution in [-0.2, 0) is 16.8 Å². The Morgan fingerprint density at radius 2 is 1.90 bits per heavy atom. The first-order valence-electron chi connectivity index (χ1n) is 5.45. The first-order chi connectivity index (χ1) is 9.36. The summed E-state index contributed by atoms with van der Waals surface area (Å²) in [5.74, 6) is -0.323. The molecule has 0 spiro atoms. The van der Waals surface area contributed by atoms with E-state index in [1.165, 1.54) is 24.4 Å². The van der Waals surface area contributed by atoms with Crippen LogP contribution in [0.15, 0.2) is 46.0 Å². The Balaban J connectivity index is 2.11. The predicted octanol–water partition coefficient (Wildman–Crippen LogP) is 3.25. The van der Waals surface area contributed by atoms with Crippen LogP contribution in [0.25, 0.3) is 0 Å². The SMILES string of the molecule is O=S(=O)(F)c1ncc(NCc2ccc(F)cc2)cc1Br. The zero-order valence-corrected chi connectivity index (χ0v) is 12.4. The summed E-state index contributed by atoms with van der Waals surface area (Å²) in [6.07, 6.45) is 1.21. The van der Waals surface area contributed by atoms with Crippen LogP contribution in [0, 0.1) is 5.82 Å². The van der Waals surface area contributed by atoms with E-state index in [1.54, 1.807) is 12.1 Å². The Bertz CT molecular complexity index is 721. The molecule has 0 amide bonds. The van der Waals surface area contributed by atoms with Gasteiger partial charge in [0.15, 0.2) is 0 Å². The van der Waals surface area contributed by atoms with Gasteiger partial charge in [-0.15, -0.1) is 0 Å². The van der Waals surface area contributed by atoms with Gasteiger partial charge in [-0.25, -0.2) is 9.37 Å². The highest BCUT2D eigenvalue weighted by Gasteiger charge is 2.18. The van der Waals surface area contributed by atoms with Crippen molar-refractivity contribution in [3.05, 3.63) is 52.4 Å². The number of anilines is 1. The summed E-state index contributed by atoms with van der Waals surface area (Å²) in [5.41, 5.74) is 1.35. The van der Waals surface area contributed by atoms with E-state index in [0.29, 0.717) is 12.2 Å². The lowest BCUT2D eigenvalue weighted by Gasteiger charge is -2.07. The minimum Gasteiger partial charge on any atom is -0.380 e. The summed E-state index contributed by atoms with van der Waals surface area (Å²) in [6, 6.07) is 7.31. The molecule has 106 valence electrons. The average Bonchev–Trinajstić information content (AvgIpc) is 2.36. The lowest BCUT2D eigenvalue weighted by atomic mass is 10.2. The van der Waals surface area contributed by atoms with E-state index in [2.05, 4.69) is 26.2 Å². The van der Waals surface area contributed by atoms with Crippen molar-refractivity contribution in [2.24, 2.45) is 0 Å². The molecule has 4 nitrogen and oxygen atoms in total. The molecule has 1 aromatic carbocycles. The highest BCUT2D eigenvalue weighted by atomic mass is 79.9. The summed E-state index contributed by atoms with van der Waals surface area (Å²) >= 11 is 2.95. The largest absolute Gasteiger partial charge is 0.380 e. The van der Waals surface area contributed by atoms with Crippen molar-refractivity contribution in [3.8, 4) is 0 Å². The van der Waals surface area contributed by atoms with Gasteiger partial charge >= 0.3 is 10.2 Å². The normalized spacial score (nSPS) is 11.3. The van der Waals surface area contributed by atoms with E-state index in [4.69, 9.17) is 0 Å². The number of pyridine rings is 1. The molecule has 0 radical (unpaired) electrons. The second-order valence-corrected chi connectivity index (χ2v) is 6.05. The Morgan fingerprint density at radius 1 is 1.25 bits per heavy atom. The monoisotopic (exact) mass is 362 g/mol. The fraction of sp³-hybridized carbons (Fsp3) is 0.0833. The third kappa shape index (κ3) is 3.73. The third-order valence-electron chi connectivity index (χ3n) is 2.45. The molecule has 0 aliphatic carbocycles. The number of nitrogens with zero attached hydrogens (tertiary/aromatic N) is 1. The number of hydrogen-bond donors (Lipinski definition) is 1. The number of halogens is 3. The van der Waals surface area contributed by atoms with Gasteiger partial charge in [0, 0.05) is 6.54 Å². The van der Waals surface area contributed by atoms with Gasteiger partial charge in [0.1, 0.15) is 5.82 Å². The summed E-state index contributed by atoms with van der Waals surface area (Å²) in [7, 11) is -4.85. The van der Waals surface area contributed by atoms with E-state index < -0.39 is 15.2 Å². The molecule has 0 saturated carbocycles. The minimum atomic E-state index is -4.85. The molecule has 0 saturated heterocycles. The van der Waals surface area contributed by atoms with Crippen LogP contribution in [-0.4, -0.2) is 13.4 Å². The molecule has 2 aromatic rings. The molecular weight excluding hydrogens is 354 g/mol. The van der Waals surface area contributed by atoms with Gasteiger partial charge < -0.3 is 5.32 Å². The van der Waals surface area contributed by atoms with Crippen molar-refractivity contribution in [2.45, 2.75) is 11.6 Å². The molecule has 1 N–H and O–H groups in total. The Kier molecular flexibility index (Phi) is 4.34. The number of hydrogen-bond acceptors (Lipinski definition) is 4. The van der Waals surface area contributed by atoms with Crippen molar-refractivity contribution in [3.63, 3.8) is 0 Å². The maximum atomic E-state index is 12.8. The van der Waals surface area contributed by atoms with Crippen LogP contribution >= 0.6 is 15.9 Å². The van der Waals surface area contributed by atoms with Crippen LogP contribution in [0.2, 0.25) is 0 Å². The number of benzene rings is 1. The topological polar surface area (TPSA) is 59.1 Å². The van der Waals surface area contributed by atoms with E-state index >= 15 is 0 Å². The molecule has 0 fully saturated rings. The maximum absolute atomic E-state index is 12.8. The summed E-state index contributed by atoms with van der Waals surface area (Å²) in [4.78, 5) is 3.54. The molecule has 0 aliphatic heterocycles. The molecule has 8 heteroatoms. The van der Waals surface area contributed by atoms with E-state index in [0.717, 1.165) is 5.56 Å². The van der Waals surface area contributed by atoms with Crippen molar-refractivity contribution in [1.29, 1.82) is 0 Å². The molecule has 0 atom stereocenters. The Morgan fingerprint density at radius 3 is 2.45 bits per heavy atom. The maximum Gasteiger partial charge on any atom is 0.350 e. The Labute approximate surface area is 123 Å². The fourth-order valence-corrected chi connectivity index (χ4v) is 2.91. The van der Waals surface area contributed by atoms with Crippen molar-refractivity contribution >= 4 is 31.8 Å². The van der Waals surface area contributed by atoms with E-state index in [-0.39, 0.29) is 10.3 Å². The first kappa shape index (κ1) is 14.9. The third-order valence-corrected chi connectivity index (χ3v) is 4.10. The van der Waals surface area contributed by atoms with Gasteiger partial charge in [0.2, 0.25) is 5.03 Å². The van der Waals surface area contributed by atoms with E-state index in [1.807, 2.05) is 0 Å². The van der Waals surface area contributed by atoms with Gasteiger partial charge in [-0.1, -0.05) is 16.0 Å². The van der Waals surface area contributed by atoms with Crippen LogP contribution in [0.1, 0.15) is 5.56 Å². The second kappa shape index (κ2) is 5.84. The predicted molar refractivity (Wildman–Crippen MR) is 74.0 cm³/mol. The molecule has 20 heavy (non-hydrogen) atoms. The molecule has 0 unspecified atom stereocenters. The van der Waals surface area contributed by atoms with Crippen LogP contribution in [0.5, 0.6) is 0 Å². The summed E-state index contributed by atoms with van der Waals surface area (Å²) in [5, 5.41) is 2.31. The number of rotatable bonds is 4. The summed E-state index contributed by atoms with van der Waals surface area (Å²) in [6.45, 7) is 0.399. The van der Waals surface area contributed by atoms with Gasteiger partial charge in [-0.05, 0) is 39.7 Å².